The Balaban J connectivity index is 2.19. The van der Waals surface area contributed by atoms with Gasteiger partial charge in [0, 0.05) is 25.3 Å². The summed E-state index contributed by atoms with van der Waals surface area (Å²) >= 11 is 0. The largest absolute Gasteiger partial charge is 0.352 e. The van der Waals surface area contributed by atoms with Gasteiger partial charge in [-0.2, -0.15) is 4.98 Å². The van der Waals surface area contributed by atoms with Crippen LogP contribution in [0, 0.1) is 0 Å². The summed E-state index contributed by atoms with van der Waals surface area (Å²) in [5.74, 6) is 6.74. The average molecular weight is 236 g/mol. The Labute approximate surface area is 102 Å². The van der Waals surface area contributed by atoms with Gasteiger partial charge in [0.25, 0.3) is 0 Å². The van der Waals surface area contributed by atoms with Crippen LogP contribution in [0.3, 0.4) is 0 Å². The van der Waals surface area contributed by atoms with Crippen LogP contribution in [0.1, 0.15) is 13.3 Å². The van der Waals surface area contributed by atoms with E-state index in [1.54, 1.807) is 6.20 Å². The summed E-state index contributed by atoms with van der Waals surface area (Å²) in [6.07, 6.45) is 2.88. The van der Waals surface area contributed by atoms with Gasteiger partial charge in [-0.05, 0) is 33.0 Å². The molecule has 1 aliphatic rings. The third kappa shape index (κ3) is 2.83. The Bertz CT molecular complexity index is 369. The molecular formula is C11H20N6. The highest BCUT2D eigenvalue weighted by Gasteiger charge is 2.20. The number of likely N-dealkylation sites (N-methyl/N-ethyl adjacent to an activating group) is 1. The maximum atomic E-state index is 5.33. The molecule has 0 saturated carbocycles. The molecule has 0 amide bonds. The van der Waals surface area contributed by atoms with E-state index in [1.165, 1.54) is 0 Å². The fourth-order valence-corrected chi connectivity index (χ4v) is 2.29. The van der Waals surface area contributed by atoms with Crippen molar-refractivity contribution in [2.24, 2.45) is 5.84 Å². The van der Waals surface area contributed by atoms with E-state index in [1.807, 2.05) is 6.07 Å². The SMILES string of the molecule is CC1CN(C)CCCN1c1ccnc(NN)n1. The molecule has 0 aliphatic carbocycles. The van der Waals surface area contributed by atoms with Crippen molar-refractivity contribution in [2.45, 2.75) is 19.4 Å². The van der Waals surface area contributed by atoms with Gasteiger partial charge in [-0.1, -0.05) is 0 Å². The molecule has 0 radical (unpaired) electrons. The lowest BCUT2D eigenvalue weighted by Crippen LogP contribution is -2.38. The molecule has 6 heteroatoms. The number of nitrogens with zero attached hydrogens (tertiary/aromatic N) is 4. The van der Waals surface area contributed by atoms with Crippen molar-refractivity contribution < 1.29 is 0 Å². The first-order valence-electron chi connectivity index (χ1n) is 5.95. The maximum absolute atomic E-state index is 5.33. The van der Waals surface area contributed by atoms with Gasteiger partial charge in [0.15, 0.2) is 0 Å². The van der Waals surface area contributed by atoms with E-state index in [9.17, 15) is 0 Å². The van der Waals surface area contributed by atoms with Gasteiger partial charge in [-0.15, -0.1) is 0 Å². The van der Waals surface area contributed by atoms with Crippen molar-refractivity contribution in [1.82, 2.24) is 14.9 Å². The summed E-state index contributed by atoms with van der Waals surface area (Å²) in [7, 11) is 2.16. The fraction of sp³-hybridized carbons (Fsp3) is 0.636. The molecule has 1 saturated heterocycles. The molecule has 1 aliphatic heterocycles. The minimum absolute atomic E-state index is 0.447. The number of hydrogen-bond donors (Lipinski definition) is 2. The lowest BCUT2D eigenvalue weighted by Gasteiger charge is -2.29. The first kappa shape index (κ1) is 12.1. The zero-order valence-corrected chi connectivity index (χ0v) is 10.4. The van der Waals surface area contributed by atoms with Crippen LogP contribution < -0.4 is 16.2 Å². The number of rotatable bonds is 2. The molecule has 0 aromatic carbocycles. The molecule has 0 spiro atoms. The quantitative estimate of drug-likeness (QED) is 0.568. The number of anilines is 2. The summed E-state index contributed by atoms with van der Waals surface area (Å²) in [5.41, 5.74) is 2.49. The Morgan fingerprint density at radius 3 is 3.06 bits per heavy atom. The molecule has 1 atom stereocenters. The molecule has 17 heavy (non-hydrogen) atoms. The van der Waals surface area contributed by atoms with Gasteiger partial charge in [0.05, 0.1) is 0 Å². The highest BCUT2D eigenvalue weighted by molar-refractivity contribution is 5.43. The number of nitrogens with one attached hydrogen (secondary N) is 1. The van der Waals surface area contributed by atoms with Gasteiger partial charge < -0.3 is 9.80 Å². The lowest BCUT2D eigenvalue weighted by atomic mass is 10.2. The second kappa shape index (κ2) is 5.29. The topological polar surface area (TPSA) is 70.3 Å². The summed E-state index contributed by atoms with van der Waals surface area (Å²) < 4.78 is 0. The number of nitrogens with two attached hydrogens (primary N) is 1. The van der Waals surface area contributed by atoms with Crippen molar-refractivity contribution in [3.8, 4) is 0 Å². The zero-order valence-electron chi connectivity index (χ0n) is 10.4. The van der Waals surface area contributed by atoms with Gasteiger partial charge in [0.2, 0.25) is 5.95 Å². The zero-order chi connectivity index (χ0) is 12.3. The second-order valence-corrected chi connectivity index (χ2v) is 4.54. The molecule has 1 fully saturated rings. The van der Waals surface area contributed by atoms with E-state index < -0.39 is 0 Å². The fourth-order valence-electron chi connectivity index (χ4n) is 2.29. The van der Waals surface area contributed by atoms with Crippen LogP contribution in [0.15, 0.2) is 12.3 Å². The first-order valence-corrected chi connectivity index (χ1v) is 5.95. The summed E-state index contributed by atoms with van der Waals surface area (Å²) in [4.78, 5) is 13.1. The predicted octanol–water partition coefficient (Wildman–Crippen LogP) is 0.293. The van der Waals surface area contributed by atoms with E-state index in [0.717, 1.165) is 31.9 Å². The smallest absolute Gasteiger partial charge is 0.239 e. The van der Waals surface area contributed by atoms with E-state index >= 15 is 0 Å². The minimum Gasteiger partial charge on any atom is -0.352 e. The summed E-state index contributed by atoms with van der Waals surface area (Å²) in [6.45, 7) is 5.43. The molecule has 6 nitrogen and oxygen atoms in total. The van der Waals surface area contributed by atoms with Crippen molar-refractivity contribution in [1.29, 1.82) is 0 Å². The van der Waals surface area contributed by atoms with E-state index in [-0.39, 0.29) is 0 Å². The van der Waals surface area contributed by atoms with Crippen molar-refractivity contribution in [2.75, 3.05) is 37.0 Å². The van der Waals surface area contributed by atoms with Gasteiger partial charge >= 0.3 is 0 Å². The van der Waals surface area contributed by atoms with Crippen LogP contribution in [0.5, 0.6) is 0 Å². The molecule has 2 heterocycles. The van der Waals surface area contributed by atoms with Crippen LogP contribution in [0.4, 0.5) is 11.8 Å². The predicted molar refractivity (Wildman–Crippen MR) is 68.8 cm³/mol. The Morgan fingerprint density at radius 1 is 1.47 bits per heavy atom. The van der Waals surface area contributed by atoms with E-state index in [0.29, 0.717) is 12.0 Å². The molecule has 0 bridgehead atoms. The molecule has 1 aromatic heterocycles. The first-order chi connectivity index (χ1) is 8.20. The van der Waals surface area contributed by atoms with Gasteiger partial charge in [-0.3, -0.25) is 5.43 Å². The summed E-state index contributed by atoms with van der Waals surface area (Å²) in [5, 5.41) is 0. The highest BCUT2D eigenvalue weighted by atomic mass is 15.3. The molecule has 1 unspecified atom stereocenters. The minimum atomic E-state index is 0.447. The van der Waals surface area contributed by atoms with Crippen LogP contribution >= 0.6 is 0 Å². The van der Waals surface area contributed by atoms with E-state index in [4.69, 9.17) is 5.84 Å². The molecular weight excluding hydrogens is 216 g/mol. The van der Waals surface area contributed by atoms with E-state index in [2.05, 4.69) is 39.2 Å². The number of hydrazine groups is 1. The molecule has 94 valence electrons. The standard InChI is InChI=1S/C11H20N6/c1-9-8-16(2)6-3-7-17(9)10-4-5-13-11(14-10)15-12/h4-5,9H,3,6-8,12H2,1-2H3,(H,13,14,15). The Morgan fingerprint density at radius 2 is 2.29 bits per heavy atom. The second-order valence-electron chi connectivity index (χ2n) is 4.54. The van der Waals surface area contributed by atoms with Crippen LogP contribution in [-0.2, 0) is 0 Å². The normalized spacial score (nSPS) is 22.3. The van der Waals surface area contributed by atoms with Crippen LogP contribution in [0.2, 0.25) is 0 Å². The molecule has 3 N–H and O–H groups in total. The third-order valence-electron chi connectivity index (χ3n) is 3.11. The highest BCUT2D eigenvalue weighted by Crippen LogP contribution is 2.18. The maximum Gasteiger partial charge on any atom is 0.239 e. The van der Waals surface area contributed by atoms with Gasteiger partial charge in [-0.25, -0.2) is 10.8 Å². The average Bonchev–Trinajstić information content (AvgIpc) is 2.50. The number of aromatic nitrogens is 2. The Hall–Kier alpha value is -1.40. The van der Waals surface area contributed by atoms with Gasteiger partial charge in [0.1, 0.15) is 5.82 Å². The number of hydrogen-bond acceptors (Lipinski definition) is 6. The monoisotopic (exact) mass is 236 g/mol. The lowest BCUT2D eigenvalue weighted by molar-refractivity contribution is 0.337. The summed E-state index contributed by atoms with van der Waals surface area (Å²) in [6, 6.07) is 2.38. The van der Waals surface area contributed by atoms with Crippen molar-refractivity contribution >= 4 is 11.8 Å². The number of nitrogen functional groups attached to an aromatic ring is 1. The molecule has 1 aromatic rings. The third-order valence-corrected chi connectivity index (χ3v) is 3.11. The van der Waals surface area contributed by atoms with Crippen LogP contribution in [-0.4, -0.2) is 47.6 Å². The van der Waals surface area contributed by atoms with Crippen molar-refractivity contribution in [3.05, 3.63) is 12.3 Å². The molecule has 2 rings (SSSR count). The Kier molecular flexibility index (Phi) is 3.75. The van der Waals surface area contributed by atoms with Crippen LogP contribution in [0.25, 0.3) is 0 Å². The van der Waals surface area contributed by atoms with Crippen molar-refractivity contribution in [3.63, 3.8) is 0 Å².